The van der Waals surface area contributed by atoms with E-state index in [9.17, 15) is 14.7 Å². The van der Waals surface area contributed by atoms with Gasteiger partial charge in [0.25, 0.3) is 0 Å². The molecule has 0 aromatic carbocycles. The Morgan fingerprint density at radius 3 is 2.61 bits per heavy atom. The molecular formula is C25H34O6. The second kappa shape index (κ2) is 6.44. The van der Waals surface area contributed by atoms with Gasteiger partial charge < -0.3 is 19.3 Å². The van der Waals surface area contributed by atoms with Crippen molar-refractivity contribution in [1.82, 2.24) is 0 Å². The van der Waals surface area contributed by atoms with E-state index in [2.05, 4.69) is 20.8 Å². The zero-order valence-electron chi connectivity index (χ0n) is 19.2. The van der Waals surface area contributed by atoms with Gasteiger partial charge in [0.2, 0.25) is 0 Å². The van der Waals surface area contributed by atoms with Crippen LogP contribution in [0.3, 0.4) is 0 Å². The van der Waals surface area contributed by atoms with Crippen LogP contribution in [0.4, 0.5) is 0 Å². The van der Waals surface area contributed by atoms with Gasteiger partial charge in [0.15, 0.2) is 0 Å². The number of epoxide rings is 1. The van der Waals surface area contributed by atoms with Gasteiger partial charge in [-0.2, -0.15) is 0 Å². The molecule has 8 atom stereocenters. The maximum Gasteiger partial charge on any atom is 0.336 e. The number of rotatable bonds is 4. The van der Waals surface area contributed by atoms with Gasteiger partial charge in [-0.1, -0.05) is 13.3 Å². The van der Waals surface area contributed by atoms with Crippen molar-refractivity contribution in [2.75, 3.05) is 0 Å². The molecule has 3 aliphatic heterocycles. The number of hydrogen-bond acceptors (Lipinski definition) is 6. The molecule has 1 N–H and O–H groups in total. The molecule has 2 aliphatic carbocycles. The van der Waals surface area contributed by atoms with Crippen LogP contribution in [0.2, 0.25) is 0 Å². The van der Waals surface area contributed by atoms with Crippen LogP contribution >= 0.6 is 0 Å². The molecule has 3 heterocycles. The van der Waals surface area contributed by atoms with Gasteiger partial charge >= 0.3 is 11.9 Å². The van der Waals surface area contributed by atoms with Crippen LogP contribution in [-0.2, 0) is 23.8 Å². The van der Waals surface area contributed by atoms with Crippen LogP contribution in [0.15, 0.2) is 23.5 Å². The standard InChI is InChI=1S/C25H34O6/c1-14-11-19(26)29-15(14)12-18-25(5,31-18)10-7-17-22(2)8-6-9-23(3)20(22)16(30-21(23)27)13-24(17,4)28/h11-12,16-18,20,28H,6-10,13H2,1-5H3/b15-12-/t16-,17+,18+,20+,22+,23+,24+,25+/m0/s1. The zero-order valence-corrected chi connectivity index (χ0v) is 19.2. The second-order valence-electron chi connectivity index (χ2n) is 11.5. The molecule has 6 nitrogen and oxygen atoms in total. The molecule has 2 saturated heterocycles. The average molecular weight is 431 g/mol. The SMILES string of the molecule is CC1=CC(=O)O/C1=C\[C@H]1O[C@]1(C)CC[C@@H]1[C@@]2(C)CCC[C@@]3(C)C(=O)O[C@@H](C[C@@]1(C)O)[C@H]23. The minimum Gasteiger partial charge on any atom is -0.461 e. The van der Waals surface area contributed by atoms with Crippen LogP contribution < -0.4 is 0 Å². The van der Waals surface area contributed by atoms with E-state index in [-0.39, 0.29) is 47.0 Å². The number of cyclic esters (lactones) is 1. The van der Waals surface area contributed by atoms with Gasteiger partial charge in [-0.25, -0.2) is 4.79 Å². The molecular weight excluding hydrogens is 396 g/mol. The monoisotopic (exact) mass is 430 g/mol. The van der Waals surface area contributed by atoms with Gasteiger partial charge in [0.05, 0.1) is 16.6 Å². The molecule has 6 heteroatoms. The summed E-state index contributed by atoms with van der Waals surface area (Å²) in [6, 6.07) is 0. The Balaban J connectivity index is 1.35. The Kier molecular flexibility index (Phi) is 4.41. The first kappa shape index (κ1) is 21.2. The van der Waals surface area contributed by atoms with Gasteiger partial charge in [0, 0.05) is 18.4 Å². The van der Waals surface area contributed by atoms with E-state index < -0.39 is 11.0 Å². The molecule has 0 aromatic rings. The first-order chi connectivity index (χ1) is 14.4. The summed E-state index contributed by atoms with van der Waals surface area (Å²) in [6.07, 6.45) is 8.10. The average Bonchev–Trinajstić information content (AvgIpc) is 3.03. The summed E-state index contributed by atoms with van der Waals surface area (Å²) in [5.41, 5.74) is -0.978. The van der Waals surface area contributed by atoms with Gasteiger partial charge in [-0.05, 0) is 76.4 Å². The number of allylic oxidation sites excluding steroid dienone is 1. The Morgan fingerprint density at radius 1 is 1.19 bits per heavy atom. The first-order valence-electron chi connectivity index (χ1n) is 11.6. The van der Waals surface area contributed by atoms with Crippen LogP contribution in [0.5, 0.6) is 0 Å². The van der Waals surface area contributed by atoms with Crippen LogP contribution in [0.25, 0.3) is 0 Å². The molecule has 5 rings (SSSR count). The number of aliphatic hydroxyl groups is 1. The quantitative estimate of drug-likeness (QED) is 0.539. The van der Waals surface area contributed by atoms with Crippen molar-refractivity contribution in [2.45, 2.75) is 96.6 Å². The Morgan fingerprint density at radius 2 is 1.94 bits per heavy atom. The number of hydrogen-bond donors (Lipinski definition) is 1. The summed E-state index contributed by atoms with van der Waals surface area (Å²) < 4.78 is 17.1. The normalized spacial score (nSPS) is 51.9. The van der Waals surface area contributed by atoms with Crippen molar-refractivity contribution in [1.29, 1.82) is 0 Å². The molecule has 170 valence electrons. The molecule has 0 spiro atoms. The molecule has 0 amide bonds. The van der Waals surface area contributed by atoms with E-state index in [0.717, 1.165) is 37.7 Å². The highest BCUT2D eigenvalue weighted by atomic mass is 16.6. The lowest BCUT2D eigenvalue weighted by molar-refractivity contribution is -0.182. The van der Waals surface area contributed by atoms with Crippen molar-refractivity contribution in [2.24, 2.45) is 22.7 Å². The zero-order chi connectivity index (χ0) is 22.4. The lowest BCUT2D eigenvalue weighted by Gasteiger charge is -2.59. The summed E-state index contributed by atoms with van der Waals surface area (Å²) in [4.78, 5) is 24.2. The maximum absolute atomic E-state index is 12.7. The predicted molar refractivity (Wildman–Crippen MR) is 113 cm³/mol. The molecule has 0 aromatic heterocycles. The molecule has 4 fully saturated rings. The smallest absolute Gasteiger partial charge is 0.336 e. The van der Waals surface area contributed by atoms with E-state index in [4.69, 9.17) is 14.2 Å². The van der Waals surface area contributed by atoms with E-state index in [1.807, 2.05) is 19.9 Å². The van der Waals surface area contributed by atoms with E-state index in [1.54, 1.807) is 0 Å². The topological polar surface area (TPSA) is 85.4 Å². The minimum absolute atomic E-state index is 0.0654. The summed E-state index contributed by atoms with van der Waals surface area (Å²) in [6.45, 7) is 10.2. The van der Waals surface area contributed by atoms with E-state index >= 15 is 0 Å². The highest BCUT2D eigenvalue weighted by Crippen LogP contribution is 2.66. The minimum atomic E-state index is -0.891. The van der Waals surface area contributed by atoms with Crippen molar-refractivity contribution < 1.29 is 28.9 Å². The Labute approximate surface area is 184 Å². The van der Waals surface area contributed by atoms with Crippen LogP contribution in [0, 0.1) is 22.7 Å². The van der Waals surface area contributed by atoms with Crippen molar-refractivity contribution in [3.8, 4) is 0 Å². The highest BCUT2D eigenvalue weighted by Gasteiger charge is 2.69. The molecule has 0 bridgehead atoms. The molecule has 31 heavy (non-hydrogen) atoms. The lowest BCUT2D eigenvalue weighted by Crippen LogP contribution is -2.61. The summed E-state index contributed by atoms with van der Waals surface area (Å²) in [7, 11) is 0. The fraction of sp³-hybridized carbons (Fsp3) is 0.760. The number of esters is 2. The molecule has 0 radical (unpaired) electrons. The number of carbonyl (C=O) groups excluding carboxylic acids is 2. The van der Waals surface area contributed by atoms with Gasteiger partial charge in [0.1, 0.15) is 18.0 Å². The summed E-state index contributed by atoms with van der Waals surface area (Å²) in [5, 5.41) is 11.5. The van der Waals surface area contributed by atoms with Crippen LogP contribution in [-0.4, -0.2) is 40.5 Å². The van der Waals surface area contributed by atoms with Gasteiger partial charge in [-0.3, -0.25) is 4.79 Å². The number of carbonyl (C=O) groups is 2. The fourth-order valence-electron chi connectivity index (χ4n) is 7.60. The molecule has 2 saturated carbocycles. The largest absolute Gasteiger partial charge is 0.461 e. The maximum atomic E-state index is 12.7. The van der Waals surface area contributed by atoms with E-state index in [0.29, 0.717) is 12.2 Å². The third kappa shape index (κ3) is 3.05. The Hall–Kier alpha value is -1.66. The lowest BCUT2D eigenvalue weighted by atomic mass is 9.44. The Bertz CT molecular complexity index is 902. The third-order valence-corrected chi connectivity index (χ3v) is 9.17. The van der Waals surface area contributed by atoms with Crippen LogP contribution in [0.1, 0.15) is 73.1 Å². The van der Waals surface area contributed by atoms with Crippen molar-refractivity contribution >= 4 is 11.9 Å². The van der Waals surface area contributed by atoms with Gasteiger partial charge in [-0.15, -0.1) is 0 Å². The summed E-state index contributed by atoms with van der Waals surface area (Å²) >= 11 is 0. The number of ether oxygens (including phenoxy) is 3. The van der Waals surface area contributed by atoms with E-state index in [1.165, 1.54) is 6.08 Å². The van der Waals surface area contributed by atoms with Crippen molar-refractivity contribution in [3.63, 3.8) is 0 Å². The van der Waals surface area contributed by atoms with Crippen molar-refractivity contribution in [3.05, 3.63) is 23.5 Å². The third-order valence-electron chi connectivity index (χ3n) is 9.17. The fourth-order valence-corrected chi connectivity index (χ4v) is 7.60. The highest BCUT2D eigenvalue weighted by molar-refractivity contribution is 5.88. The predicted octanol–water partition coefficient (Wildman–Crippen LogP) is 3.82. The summed E-state index contributed by atoms with van der Waals surface area (Å²) in [5.74, 6) is 0.394. The molecule has 0 unspecified atom stereocenters. The molecule has 5 aliphatic rings. The second-order valence-corrected chi connectivity index (χ2v) is 11.5. The first-order valence-corrected chi connectivity index (χ1v) is 11.6.